The average molecular weight is 299 g/mol. The highest BCUT2D eigenvalue weighted by Gasteiger charge is 2.23. The van der Waals surface area contributed by atoms with Crippen molar-refractivity contribution >= 4 is 5.82 Å². The van der Waals surface area contributed by atoms with E-state index in [1.54, 1.807) is 12.1 Å². The van der Waals surface area contributed by atoms with Crippen molar-refractivity contribution in [3.63, 3.8) is 0 Å². The molecule has 4 heteroatoms. The molecule has 0 spiro atoms. The maximum atomic E-state index is 13.0. The fraction of sp³-hybridized carbons (Fsp3) is 0.389. The van der Waals surface area contributed by atoms with Crippen LogP contribution >= 0.6 is 0 Å². The first-order chi connectivity index (χ1) is 10.6. The van der Waals surface area contributed by atoms with Crippen molar-refractivity contribution in [1.29, 1.82) is 0 Å². The molecule has 0 unspecified atom stereocenters. The molecule has 22 heavy (non-hydrogen) atoms. The molecule has 116 valence electrons. The molecule has 0 N–H and O–H groups in total. The van der Waals surface area contributed by atoms with Crippen LogP contribution in [-0.4, -0.2) is 37.1 Å². The molecule has 1 aromatic carbocycles. The minimum atomic E-state index is -0.161. The third-order valence-electron chi connectivity index (χ3n) is 4.29. The number of aromatic nitrogens is 1. The maximum Gasteiger partial charge on any atom is 0.127 e. The molecule has 0 aliphatic carbocycles. The zero-order valence-electron chi connectivity index (χ0n) is 13.2. The van der Waals surface area contributed by atoms with Crippen LogP contribution in [0.2, 0.25) is 0 Å². The van der Waals surface area contributed by atoms with E-state index in [9.17, 15) is 4.39 Å². The van der Waals surface area contributed by atoms with Gasteiger partial charge in [-0.3, -0.25) is 4.90 Å². The Bertz CT molecular complexity index is 607. The summed E-state index contributed by atoms with van der Waals surface area (Å²) in [6.45, 7) is 3.04. The second-order valence-electron chi connectivity index (χ2n) is 6.19. The summed E-state index contributed by atoms with van der Waals surface area (Å²) < 4.78 is 13.0. The predicted molar refractivity (Wildman–Crippen MR) is 87.6 cm³/mol. The van der Waals surface area contributed by atoms with E-state index in [1.165, 1.54) is 11.1 Å². The maximum absolute atomic E-state index is 13.0. The van der Waals surface area contributed by atoms with Crippen molar-refractivity contribution in [3.8, 4) is 0 Å². The van der Waals surface area contributed by atoms with Gasteiger partial charge in [-0.1, -0.05) is 18.2 Å². The smallest absolute Gasteiger partial charge is 0.127 e. The minimum Gasteiger partial charge on any atom is -0.363 e. The third kappa shape index (κ3) is 3.45. The highest BCUT2D eigenvalue weighted by Crippen LogP contribution is 2.28. The number of hydrogen-bond acceptors (Lipinski definition) is 3. The molecule has 1 aromatic heterocycles. The Morgan fingerprint density at radius 1 is 1.18 bits per heavy atom. The zero-order chi connectivity index (χ0) is 15.5. The molecule has 2 aromatic rings. The van der Waals surface area contributed by atoms with Gasteiger partial charge in [-0.25, -0.2) is 9.37 Å². The molecule has 0 radical (unpaired) electrons. The normalized spacial score (nSPS) is 18.6. The van der Waals surface area contributed by atoms with E-state index >= 15 is 0 Å². The lowest BCUT2D eigenvalue weighted by Crippen LogP contribution is -2.20. The molecule has 1 aliphatic heterocycles. The van der Waals surface area contributed by atoms with Gasteiger partial charge in [0.05, 0.1) is 0 Å². The Morgan fingerprint density at radius 2 is 1.95 bits per heavy atom. The number of anilines is 1. The van der Waals surface area contributed by atoms with Crippen molar-refractivity contribution < 1.29 is 4.39 Å². The summed E-state index contributed by atoms with van der Waals surface area (Å²) in [6.07, 6.45) is 3.09. The Morgan fingerprint density at radius 3 is 2.59 bits per heavy atom. The monoisotopic (exact) mass is 299 g/mol. The number of likely N-dealkylation sites (tertiary alicyclic amines) is 1. The van der Waals surface area contributed by atoms with Crippen LogP contribution in [0, 0.1) is 5.82 Å². The molecule has 1 saturated heterocycles. The minimum absolute atomic E-state index is 0.161. The molecular formula is C18H22FN3. The van der Waals surface area contributed by atoms with Gasteiger partial charge < -0.3 is 4.90 Å². The summed E-state index contributed by atoms with van der Waals surface area (Å²) >= 11 is 0. The third-order valence-corrected chi connectivity index (χ3v) is 4.29. The summed E-state index contributed by atoms with van der Waals surface area (Å²) in [4.78, 5) is 8.91. The zero-order valence-corrected chi connectivity index (χ0v) is 13.2. The first-order valence-corrected chi connectivity index (χ1v) is 7.72. The van der Waals surface area contributed by atoms with Crippen molar-refractivity contribution in [2.24, 2.45) is 0 Å². The first-order valence-electron chi connectivity index (χ1n) is 7.72. The number of halogens is 1. The van der Waals surface area contributed by atoms with Crippen LogP contribution in [0.25, 0.3) is 0 Å². The lowest BCUT2D eigenvalue weighted by Gasteiger charge is -2.17. The summed E-state index contributed by atoms with van der Waals surface area (Å²) in [5.74, 6) is 1.33. The van der Waals surface area contributed by atoms with Crippen LogP contribution in [0.5, 0.6) is 0 Å². The molecule has 0 amide bonds. The Balaban J connectivity index is 1.59. The van der Waals surface area contributed by atoms with Crippen LogP contribution in [0.15, 0.2) is 42.6 Å². The van der Waals surface area contributed by atoms with Gasteiger partial charge in [0.25, 0.3) is 0 Å². The standard InChI is InChI=1S/C18H22FN3/c1-21(2)18-8-3-14(11-20-18)12-22-10-9-16(13-22)15-4-6-17(19)7-5-15/h3-8,11,16H,9-10,12-13H2,1-2H3/t16-/m0/s1. The fourth-order valence-electron chi connectivity index (χ4n) is 3.02. The molecule has 2 heterocycles. The highest BCUT2D eigenvalue weighted by atomic mass is 19.1. The molecule has 1 fully saturated rings. The lowest BCUT2D eigenvalue weighted by atomic mass is 9.99. The van der Waals surface area contributed by atoms with E-state index in [0.717, 1.165) is 31.9 Å². The average Bonchev–Trinajstić information content (AvgIpc) is 2.97. The summed E-state index contributed by atoms with van der Waals surface area (Å²) in [5.41, 5.74) is 2.48. The highest BCUT2D eigenvalue weighted by molar-refractivity contribution is 5.37. The van der Waals surface area contributed by atoms with Crippen molar-refractivity contribution in [3.05, 3.63) is 59.5 Å². The van der Waals surface area contributed by atoms with Crippen LogP contribution in [0.4, 0.5) is 10.2 Å². The molecule has 3 nitrogen and oxygen atoms in total. The van der Waals surface area contributed by atoms with Crippen LogP contribution in [-0.2, 0) is 6.54 Å². The van der Waals surface area contributed by atoms with Gasteiger partial charge in [-0.2, -0.15) is 0 Å². The van der Waals surface area contributed by atoms with E-state index in [1.807, 2.05) is 37.3 Å². The second kappa shape index (κ2) is 6.44. The van der Waals surface area contributed by atoms with Crippen molar-refractivity contribution in [2.75, 3.05) is 32.1 Å². The van der Waals surface area contributed by atoms with Gasteiger partial charge in [0.2, 0.25) is 0 Å². The van der Waals surface area contributed by atoms with E-state index in [0.29, 0.717) is 5.92 Å². The fourth-order valence-corrected chi connectivity index (χ4v) is 3.02. The number of pyridine rings is 1. The second-order valence-corrected chi connectivity index (χ2v) is 6.19. The van der Waals surface area contributed by atoms with Gasteiger partial charge in [-0.05, 0) is 48.2 Å². The number of hydrogen-bond donors (Lipinski definition) is 0. The van der Waals surface area contributed by atoms with Crippen LogP contribution < -0.4 is 4.90 Å². The summed E-state index contributed by atoms with van der Waals surface area (Å²) in [6, 6.07) is 11.1. The van der Waals surface area contributed by atoms with Gasteiger partial charge in [0.15, 0.2) is 0 Å². The van der Waals surface area contributed by atoms with Gasteiger partial charge in [0, 0.05) is 33.4 Å². The van der Waals surface area contributed by atoms with E-state index in [2.05, 4.69) is 22.0 Å². The predicted octanol–water partition coefficient (Wildman–Crippen LogP) is 3.28. The topological polar surface area (TPSA) is 19.4 Å². The van der Waals surface area contributed by atoms with E-state index < -0.39 is 0 Å². The number of nitrogens with zero attached hydrogens (tertiary/aromatic N) is 3. The molecule has 0 bridgehead atoms. The molecule has 0 saturated carbocycles. The van der Waals surface area contributed by atoms with Crippen LogP contribution in [0.1, 0.15) is 23.5 Å². The Labute approximate surface area is 131 Å². The summed E-state index contributed by atoms with van der Waals surface area (Å²) in [7, 11) is 3.99. The van der Waals surface area contributed by atoms with Gasteiger partial charge >= 0.3 is 0 Å². The summed E-state index contributed by atoms with van der Waals surface area (Å²) in [5, 5.41) is 0. The first kappa shape index (κ1) is 15.0. The van der Waals surface area contributed by atoms with Gasteiger partial charge in [0.1, 0.15) is 11.6 Å². The Kier molecular flexibility index (Phi) is 4.39. The van der Waals surface area contributed by atoms with Crippen molar-refractivity contribution in [1.82, 2.24) is 9.88 Å². The molecule has 1 atom stereocenters. The lowest BCUT2D eigenvalue weighted by molar-refractivity contribution is 0.326. The van der Waals surface area contributed by atoms with Crippen molar-refractivity contribution in [2.45, 2.75) is 18.9 Å². The number of rotatable bonds is 4. The van der Waals surface area contributed by atoms with E-state index in [4.69, 9.17) is 0 Å². The van der Waals surface area contributed by atoms with Crippen LogP contribution in [0.3, 0.4) is 0 Å². The number of benzene rings is 1. The van der Waals surface area contributed by atoms with E-state index in [-0.39, 0.29) is 5.82 Å². The quantitative estimate of drug-likeness (QED) is 0.863. The molecule has 1 aliphatic rings. The SMILES string of the molecule is CN(C)c1ccc(CN2CC[C@H](c3ccc(F)cc3)C2)cn1. The molecule has 3 rings (SSSR count). The van der Waals surface area contributed by atoms with Gasteiger partial charge in [-0.15, -0.1) is 0 Å². The largest absolute Gasteiger partial charge is 0.363 e. The molecular weight excluding hydrogens is 277 g/mol. The Hall–Kier alpha value is -1.94.